The Morgan fingerprint density at radius 2 is 0.418 bits per heavy atom. The minimum Gasteiger partial charge on any atom is -0.488 e. The smallest absolute Gasteiger partial charge is 0.181 e. The second kappa shape index (κ2) is 37.0. The van der Waals surface area contributed by atoms with Gasteiger partial charge in [0.05, 0.1) is 53.7 Å². The average Bonchev–Trinajstić information content (AvgIpc) is 0.786. The topological polar surface area (TPSA) is 43.4 Å². The predicted octanol–water partition coefficient (Wildman–Crippen LogP) is 27.9. The summed E-state index contributed by atoms with van der Waals surface area (Å²) >= 11 is 0. The van der Waals surface area contributed by atoms with Gasteiger partial charge in [-0.25, -0.2) is 8.42 Å². The van der Waals surface area contributed by atoms with Gasteiger partial charge in [-0.1, -0.05) is 275 Å². The highest BCUT2D eigenvalue weighted by Crippen LogP contribution is 2.40. The van der Waals surface area contributed by atoms with Crippen LogP contribution in [0.4, 0.5) is 0 Å². The molecule has 13 rings (SSSR count). The third-order valence-corrected chi connectivity index (χ3v) is 30.7. The fraction of sp³-hybridized carbons (Fsp3) is 0.294. The Hall–Kier alpha value is -8.21. The summed E-state index contributed by atoms with van der Waals surface area (Å²) in [6.07, 6.45) is 4.79. The van der Waals surface area contributed by atoms with Crippen LogP contribution in [0.1, 0.15) is 185 Å². The number of sulfone groups is 1. The second-order valence-corrected chi connectivity index (χ2v) is 45.0. The van der Waals surface area contributed by atoms with Crippen molar-refractivity contribution in [2.45, 2.75) is 258 Å². The normalized spacial score (nSPS) is 13.2. The van der Waals surface area contributed by atoms with Crippen molar-refractivity contribution in [1.29, 1.82) is 0 Å². The van der Waals surface area contributed by atoms with Gasteiger partial charge >= 0.3 is 0 Å². The highest BCUT2D eigenvalue weighted by Gasteiger charge is 2.36. The summed E-state index contributed by atoms with van der Waals surface area (Å²) in [5, 5.41) is -0.214. The second-order valence-electron chi connectivity index (χ2n) is 34.6. The number of ether oxygens (including phenoxy) is 1. The van der Waals surface area contributed by atoms with Crippen LogP contribution in [0.25, 0.3) is 0 Å². The van der Waals surface area contributed by atoms with Crippen LogP contribution < -0.4 is 4.74 Å². The fourth-order valence-electron chi connectivity index (χ4n) is 13.2. The maximum Gasteiger partial charge on any atom is 0.181 e. The Kier molecular flexibility index (Phi) is 28.3. The summed E-state index contributed by atoms with van der Waals surface area (Å²) in [4.78, 5) is 16.3. The first kappa shape index (κ1) is 84.2. The van der Waals surface area contributed by atoms with Crippen molar-refractivity contribution in [1.82, 2.24) is 0 Å². The Balaban J connectivity index is 0.000000157. The Labute approximate surface area is 674 Å². The van der Waals surface area contributed by atoms with Crippen LogP contribution in [-0.4, -0.2) is 19.3 Å². The van der Waals surface area contributed by atoms with Gasteiger partial charge in [-0.3, -0.25) is 0 Å². The minimum absolute atomic E-state index is 0.0847. The van der Waals surface area contributed by atoms with Crippen molar-refractivity contribution in [3.63, 3.8) is 0 Å². The molecule has 0 N–H and O–H groups in total. The standard InChI is InChI=1S/C30H39S.C26H31S.C24H25O2S2.C22H23OS/c1-28(2,3)22-10-16-25(17-11-22)31(26-18-12-23(13-19-26)29(4,5)6)27-20-14-24(15-21-27)30(7,8)9;1-25(2,3)20-12-16-23(17-13-20)27(22-10-8-7-9-11-22)24-18-14-21(15-19-24)26(4,5)6;25-28(26,23-14-8-3-9-15-23)24-18-16-22(17-19-24)27(20-10-4-1-5-11-20)21-12-6-2-7-13-21;1-22(2,3)23-18-14-16-21(17-15-18)24(19-10-6-4-7-11-19)20-12-8-5-9-13-20/h10-21H,1-9H3;7-19H,1-6H3;1-2,4-7,10-13,16-19,23H,3,8-9,14-15H2;4-17H,1-3H3/q4*+1. The molecule has 110 heavy (non-hydrogen) atoms. The summed E-state index contributed by atoms with van der Waals surface area (Å²) < 4.78 is 32.0. The van der Waals surface area contributed by atoms with E-state index in [0.29, 0.717) is 4.90 Å². The molecule has 12 aromatic carbocycles. The van der Waals surface area contributed by atoms with Crippen molar-refractivity contribution in [2.75, 3.05) is 0 Å². The molecule has 1 aliphatic rings. The molecule has 0 bridgehead atoms. The van der Waals surface area contributed by atoms with E-state index < -0.39 is 9.84 Å². The molecule has 0 atom stereocenters. The van der Waals surface area contributed by atoms with Crippen molar-refractivity contribution >= 4 is 53.4 Å². The lowest BCUT2D eigenvalue weighted by molar-refractivity contribution is 0.131. The molecule has 0 radical (unpaired) electrons. The molecule has 0 aliphatic heterocycles. The first-order chi connectivity index (χ1) is 52.1. The Morgan fingerprint density at radius 1 is 0.236 bits per heavy atom. The molecule has 1 aliphatic carbocycles. The van der Waals surface area contributed by atoms with Crippen LogP contribution >= 0.6 is 0 Å². The van der Waals surface area contributed by atoms with Crippen molar-refractivity contribution < 1.29 is 13.2 Å². The maximum absolute atomic E-state index is 13.0. The zero-order valence-electron chi connectivity index (χ0n) is 68.5. The van der Waals surface area contributed by atoms with Crippen LogP contribution in [0.5, 0.6) is 5.75 Å². The van der Waals surface area contributed by atoms with Gasteiger partial charge in [0.2, 0.25) is 0 Å². The van der Waals surface area contributed by atoms with Crippen LogP contribution in [0.3, 0.4) is 0 Å². The van der Waals surface area contributed by atoms with E-state index in [1.807, 2.05) is 36.4 Å². The van der Waals surface area contributed by atoms with E-state index in [9.17, 15) is 8.42 Å². The van der Waals surface area contributed by atoms with Crippen molar-refractivity contribution in [3.05, 3.63) is 349 Å². The zero-order valence-corrected chi connectivity index (χ0v) is 72.6. The molecule has 0 heterocycles. The van der Waals surface area contributed by atoms with Gasteiger partial charge in [0.15, 0.2) is 68.6 Å². The minimum atomic E-state index is -3.23. The molecular weight excluding hydrogens is 1430 g/mol. The molecule has 0 aromatic heterocycles. The monoisotopic (exact) mass is 1550 g/mol. The fourth-order valence-corrected chi connectivity index (χ4v) is 23.3. The van der Waals surface area contributed by atoms with Gasteiger partial charge in [0.1, 0.15) is 11.4 Å². The lowest BCUT2D eigenvalue weighted by Crippen LogP contribution is -2.24. The van der Waals surface area contributed by atoms with E-state index >= 15 is 0 Å². The van der Waals surface area contributed by atoms with E-state index in [1.165, 1.54) is 81.7 Å². The van der Waals surface area contributed by atoms with E-state index in [2.05, 4.69) is 410 Å². The van der Waals surface area contributed by atoms with E-state index in [0.717, 1.165) is 42.7 Å². The summed E-state index contributed by atoms with van der Waals surface area (Å²) in [7, 11) is -3.79. The van der Waals surface area contributed by atoms with Gasteiger partial charge in [-0.2, -0.15) is 0 Å². The summed E-state index contributed by atoms with van der Waals surface area (Å²) in [5.74, 6) is 0.913. The molecule has 1 fully saturated rings. The number of rotatable bonds is 15. The molecular formula is C102H118O3S5+4. The third kappa shape index (κ3) is 23.2. The average molecular weight is 1550 g/mol. The van der Waals surface area contributed by atoms with Crippen LogP contribution in [0.2, 0.25) is 0 Å². The highest BCUT2D eigenvalue weighted by atomic mass is 32.2. The summed E-state index contributed by atoms with van der Waals surface area (Å²) in [6, 6.07) is 115. The summed E-state index contributed by atoms with van der Waals surface area (Å²) in [5.41, 5.74) is 7.58. The SMILES string of the molecule is CC(C)(C)Oc1ccc([S+](c2ccccc2)c2ccccc2)cc1.CC(C)(C)c1ccc([S+](c2ccc(C(C)(C)C)cc2)c2ccc(C(C)(C)C)cc2)cc1.CC(C)(C)c1ccc([S+](c2ccccc2)c2ccc(C(C)(C)C)cc2)cc1.O=S(=O)(c1ccc([S+](c2ccccc2)c2ccccc2)cc1)C1CCCCC1. The molecule has 0 saturated heterocycles. The van der Waals surface area contributed by atoms with Gasteiger partial charge < -0.3 is 4.74 Å². The quantitative estimate of drug-likeness (QED) is 0.0961. The van der Waals surface area contributed by atoms with Gasteiger partial charge in [-0.15, -0.1) is 0 Å². The van der Waals surface area contributed by atoms with Gasteiger partial charge in [0, 0.05) is 0 Å². The highest BCUT2D eigenvalue weighted by molar-refractivity contribution is 7.98. The van der Waals surface area contributed by atoms with Crippen molar-refractivity contribution in [3.8, 4) is 5.75 Å². The summed E-state index contributed by atoms with van der Waals surface area (Å²) in [6.45, 7) is 40.3. The maximum atomic E-state index is 13.0. The molecule has 0 amide bonds. The lowest BCUT2D eigenvalue weighted by Gasteiger charge is -2.21. The largest absolute Gasteiger partial charge is 0.488 e. The number of hydrogen-bond donors (Lipinski definition) is 0. The number of hydrogen-bond acceptors (Lipinski definition) is 3. The van der Waals surface area contributed by atoms with Crippen LogP contribution in [0, 0.1) is 0 Å². The molecule has 0 spiro atoms. The van der Waals surface area contributed by atoms with Gasteiger partial charge in [-0.05, 0) is 258 Å². The van der Waals surface area contributed by atoms with E-state index in [4.69, 9.17) is 4.74 Å². The van der Waals surface area contributed by atoms with Crippen LogP contribution in [0.15, 0.2) is 385 Å². The first-order valence-electron chi connectivity index (χ1n) is 39.0. The molecule has 1 saturated carbocycles. The van der Waals surface area contributed by atoms with E-state index in [-0.39, 0.29) is 81.5 Å². The molecule has 0 unspecified atom stereocenters. The van der Waals surface area contributed by atoms with Crippen LogP contribution in [-0.2, 0) is 80.5 Å². The molecule has 8 heteroatoms. The Morgan fingerprint density at radius 3 is 0.609 bits per heavy atom. The number of benzene rings is 12. The zero-order chi connectivity index (χ0) is 79.1. The lowest BCUT2D eigenvalue weighted by atomic mass is 9.87. The first-order valence-corrected chi connectivity index (χ1v) is 45.4. The molecule has 570 valence electrons. The molecule has 3 nitrogen and oxygen atoms in total. The predicted molar refractivity (Wildman–Crippen MR) is 474 cm³/mol. The van der Waals surface area contributed by atoms with Gasteiger partial charge in [0.25, 0.3) is 0 Å². The Bertz CT molecular complexity index is 4600. The van der Waals surface area contributed by atoms with Crippen molar-refractivity contribution in [2.24, 2.45) is 0 Å². The molecule has 12 aromatic rings. The van der Waals surface area contributed by atoms with E-state index in [1.54, 1.807) is 0 Å². The third-order valence-electron chi connectivity index (χ3n) is 19.5.